The van der Waals surface area contributed by atoms with Crippen LogP contribution < -0.4 is 5.73 Å². The van der Waals surface area contributed by atoms with E-state index in [-0.39, 0.29) is 12.2 Å². The van der Waals surface area contributed by atoms with Crippen molar-refractivity contribution in [2.24, 2.45) is 12.8 Å². The van der Waals surface area contributed by atoms with Crippen molar-refractivity contribution in [3.05, 3.63) is 35.4 Å². The summed E-state index contributed by atoms with van der Waals surface area (Å²) in [5.41, 5.74) is 6.71. The fraction of sp³-hybridized carbons (Fsp3) is 0.300. The first kappa shape index (κ1) is 11.3. The molecule has 0 radical (unpaired) electrons. The Kier molecular flexibility index (Phi) is 3.20. The third-order valence-corrected chi connectivity index (χ3v) is 2.22. The van der Waals surface area contributed by atoms with Gasteiger partial charge in [-0.3, -0.25) is 9.78 Å². The van der Waals surface area contributed by atoms with Crippen LogP contribution in [0.15, 0.2) is 18.3 Å². The summed E-state index contributed by atoms with van der Waals surface area (Å²) >= 11 is 0. The van der Waals surface area contributed by atoms with E-state index in [1.165, 1.54) is 4.80 Å². The standard InChI is InChI=1S/C10H12N6O/c1-16-14-10(13-15-16)5-9(17)7-2-3-12-8(4-7)6-11/h2-4H,5-6,11H2,1H3. The van der Waals surface area contributed by atoms with Gasteiger partial charge in [0.2, 0.25) is 0 Å². The number of hydrogen-bond donors (Lipinski definition) is 1. The van der Waals surface area contributed by atoms with E-state index in [0.717, 1.165) is 0 Å². The Morgan fingerprint density at radius 3 is 3.00 bits per heavy atom. The van der Waals surface area contributed by atoms with Gasteiger partial charge in [0, 0.05) is 18.3 Å². The van der Waals surface area contributed by atoms with Crippen LogP contribution >= 0.6 is 0 Å². The molecule has 0 aliphatic heterocycles. The number of pyridine rings is 1. The maximum atomic E-state index is 11.9. The van der Waals surface area contributed by atoms with Gasteiger partial charge in [0.1, 0.15) is 0 Å². The predicted octanol–water partition coefficient (Wildman–Crippen LogP) is -0.511. The Hall–Kier alpha value is -2.15. The second-order valence-electron chi connectivity index (χ2n) is 3.54. The zero-order valence-electron chi connectivity index (χ0n) is 9.37. The lowest BCUT2D eigenvalue weighted by Gasteiger charge is -2.00. The predicted molar refractivity (Wildman–Crippen MR) is 59.0 cm³/mol. The average Bonchev–Trinajstić information content (AvgIpc) is 2.75. The summed E-state index contributed by atoms with van der Waals surface area (Å²) < 4.78 is 0. The minimum atomic E-state index is -0.0740. The van der Waals surface area contributed by atoms with Gasteiger partial charge in [0.05, 0.1) is 19.2 Å². The number of carbonyl (C=O) groups excluding carboxylic acids is 1. The summed E-state index contributed by atoms with van der Waals surface area (Å²) in [6.07, 6.45) is 1.70. The number of carbonyl (C=O) groups is 1. The van der Waals surface area contributed by atoms with Gasteiger partial charge < -0.3 is 5.73 Å². The quantitative estimate of drug-likeness (QED) is 0.712. The zero-order chi connectivity index (χ0) is 12.3. The van der Waals surface area contributed by atoms with Gasteiger partial charge in [0.15, 0.2) is 11.6 Å². The summed E-state index contributed by atoms with van der Waals surface area (Å²) in [6, 6.07) is 3.33. The van der Waals surface area contributed by atoms with E-state index in [1.807, 2.05) is 0 Å². The molecule has 0 aromatic carbocycles. The van der Waals surface area contributed by atoms with Crippen molar-refractivity contribution in [3.63, 3.8) is 0 Å². The normalized spacial score (nSPS) is 10.5. The van der Waals surface area contributed by atoms with Gasteiger partial charge in [-0.1, -0.05) is 0 Å². The number of nitrogens with zero attached hydrogens (tertiary/aromatic N) is 5. The Bertz CT molecular complexity index is 535. The molecule has 0 bridgehead atoms. The molecule has 2 N–H and O–H groups in total. The molecule has 2 rings (SSSR count). The van der Waals surface area contributed by atoms with Gasteiger partial charge in [-0.2, -0.15) is 4.80 Å². The van der Waals surface area contributed by atoms with Crippen LogP contribution in [0.3, 0.4) is 0 Å². The van der Waals surface area contributed by atoms with Crippen molar-refractivity contribution < 1.29 is 4.79 Å². The van der Waals surface area contributed by atoms with Gasteiger partial charge in [-0.25, -0.2) is 0 Å². The number of tetrazole rings is 1. The molecule has 0 unspecified atom stereocenters. The van der Waals surface area contributed by atoms with Crippen LogP contribution in [0.5, 0.6) is 0 Å². The highest BCUT2D eigenvalue weighted by atomic mass is 16.1. The third kappa shape index (κ3) is 2.70. The van der Waals surface area contributed by atoms with Crippen LogP contribution in [0, 0.1) is 0 Å². The van der Waals surface area contributed by atoms with Crippen molar-refractivity contribution >= 4 is 5.78 Å². The molecule has 0 saturated heterocycles. The summed E-state index contributed by atoms with van der Waals surface area (Å²) in [4.78, 5) is 17.3. The maximum absolute atomic E-state index is 11.9. The number of aromatic nitrogens is 5. The van der Waals surface area contributed by atoms with Crippen molar-refractivity contribution in [3.8, 4) is 0 Å². The molecule has 0 fully saturated rings. The number of hydrogen-bond acceptors (Lipinski definition) is 6. The second kappa shape index (κ2) is 4.79. The highest BCUT2D eigenvalue weighted by molar-refractivity contribution is 5.97. The van der Waals surface area contributed by atoms with Crippen LogP contribution in [-0.2, 0) is 20.0 Å². The Balaban J connectivity index is 2.14. The number of ketones is 1. The van der Waals surface area contributed by atoms with E-state index in [2.05, 4.69) is 20.4 Å². The van der Waals surface area contributed by atoms with Crippen molar-refractivity contribution in [1.29, 1.82) is 0 Å². The van der Waals surface area contributed by atoms with Crippen molar-refractivity contribution in [2.45, 2.75) is 13.0 Å². The highest BCUT2D eigenvalue weighted by Gasteiger charge is 2.11. The monoisotopic (exact) mass is 232 g/mol. The van der Waals surface area contributed by atoms with E-state index in [0.29, 0.717) is 23.6 Å². The first-order chi connectivity index (χ1) is 8.19. The molecule has 0 spiro atoms. The maximum Gasteiger partial charge on any atom is 0.182 e. The van der Waals surface area contributed by atoms with E-state index in [9.17, 15) is 4.79 Å². The van der Waals surface area contributed by atoms with Gasteiger partial charge in [-0.15, -0.1) is 10.2 Å². The van der Waals surface area contributed by atoms with Crippen LogP contribution in [0.2, 0.25) is 0 Å². The first-order valence-electron chi connectivity index (χ1n) is 5.10. The second-order valence-corrected chi connectivity index (χ2v) is 3.54. The molecule has 2 aromatic rings. The summed E-state index contributed by atoms with van der Waals surface area (Å²) in [5, 5.41) is 11.4. The van der Waals surface area contributed by atoms with E-state index in [4.69, 9.17) is 5.73 Å². The molecule has 2 aromatic heterocycles. The molecule has 2 heterocycles. The first-order valence-corrected chi connectivity index (χ1v) is 5.10. The molecule has 7 nitrogen and oxygen atoms in total. The van der Waals surface area contributed by atoms with Gasteiger partial charge >= 0.3 is 0 Å². The van der Waals surface area contributed by atoms with Gasteiger partial charge in [-0.05, 0) is 17.3 Å². The van der Waals surface area contributed by atoms with Gasteiger partial charge in [0.25, 0.3) is 0 Å². The smallest absolute Gasteiger partial charge is 0.182 e. The molecular formula is C10H12N6O. The number of Topliss-reactive ketones (excluding diaryl/α,β-unsaturated/α-hetero) is 1. The topological polar surface area (TPSA) is 99.6 Å². The lowest BCUT2D eigenvalue weighted by Crippen LogP contribution is -2.08. The van der Waals surface area contributed by atoms with Crippen LogP contribution in [0.25, 0.3) is 0 Å². The fourth-order valence-corrected chi connectivity index (χ4v) is 1.40. The summed E-state index contributed by atoms with van der Waals surface area (Å²) in [7, 11) is 1.65. The number of rotatable bonds is 4. The summed E-state index contributed by atoms with van der Waals surface area (Å²) in [5.74, 6) is 0.332. The lowest BCUT2D eigenvalue weighted by molar-refractivity contribution is 0.0990. The molecule has 88 valence electrons. The SMILES string of the molecule is Cn1nnc(CC(=O)c2ccnc(CN)c2)n1. The van der Waals surface area contributed by atoms with Crippen molar-refractivity contribution in [2.75, 3.05) is 0 Å². The van der Waals surface area contributed by atoms with Crippen molar-refractivity contribution in [1.82, 2.24) is 25.2 Å². The number of aryl methyl sites for hydroxylation is 1. The minimum absolute atomic E-state index is 0.0740. The lowest BCUT2D eigenvalue weighted by atomic mass is 10.1. The van der Waals surface area contributed by atoms with Crippen LogP contribution in [0.4, 0.5) is 0 Å². The molecular weight excluding hydrogens is 220 g/mol. The molecule has 0 atom stereocenters. The molecule has 7 heteroatoms. The van der Waals surface area contributed by atoms with E-state index >= 15 is 0 Å². The Morgan fingerprint density at radius 2 is 2.35 bits per heavy atom. The third-order valence-electron chi connectivity index (χ3n) is 2.22. The molecule has 0 aliphatic carbocycles. The Labute approximate surface area is 97.7 Å². The van der Waals surface area contributed by atoms with E-state index in [1.54, 1.807) is 25.4 Å². The molecule has 0 aliphatic rings. The Morgan fingerprint density at radius 1 is 1.53 bits per heavy atom. The molecule has 17 heavy (non-hydrogen) atoms. The number of nitrogens with two attached hydrogens (primary N) is 1. The van der Waals surface area contributed by atoms with Crippen LogP contribution in [-0.4, -0.2) is 31.0 Å². The molecule has 0 amide bonds. The van der Waals surface area contributed by atoms with E-state index < -0.39 is 0 Å². The summed E-state index contributed by atoms with van der Waals surface area (Å²) in [6.45, 7) is 0.310. The van der Waals surface area contributed by atoms with Crippen LogP contribution in [0.1, 0.15) is 21.9 Å². The average molecular weight is 232 g/mol. The largest absolute Gasteiger partial charge is 0.325 e. The molecule has 0 saturated carbocycles. The zero-order valence-corrected chi connectivity index (χ0v) is 9.37. The fourth-order valence-electron chi connectivity index (χ4n) is 1.40. The highest BCUT2D eigenvalue weighted by Crippen LogP contribution is 2.05. The minimum Gasteiger partial charge on any atom is -0.325 e.